The second kappa shape index (κ2) is 18.1. The lowest BCUT2D eigenvalue weighted by Crippen LogP contribution is -2.41. The first-order chi connectivity index (χ1) is 38.1. The molecule has 0 unspecified atom stereocenters. The van der Waals surface area contributed by atoms with Gasteiger partial charge in [-0.2, -0.15) is 0 Å². The van der Waals surface area contributed by atoms with Crippen LogP contribution in [0, 0.1) is 0 Å². The number of anilines is 8. The van der Waals surface area contributed by atoms with E-state index in [-0.39, 0.29) is 21.7 Å². The Kier molecular flexibility index (Phi) is 11.3. The van der Waals surface area contributed by atoms with E-state index in [9.17, 15) is 0 Å². The van der Waals surface area contributed by atoms with E-state index in [1.807, 2.05) is 0 Å². The van der Waals surface area contributed by atoms with E-state index >= 15 is 0 Å². The summed E-state index contributed by atoms with van der Waals surface area (Å²) in [6, 6.07) is 79.6. The number of para-hydroxylation sites is 4. The maximum atomic E-state index is 4.21. The Hall–Kier alpha value is -8.28. The fraction of sp³-hybridized carbons (Fsp3) is 0.216. The van der Waals surface area contributed by atoms with Crippen LogP contribution in [-0.4, -0.2) is 11.8 Å². The Bertz CT molecular complexity index is 4110. The molecule has 0 fully saturated rings. The average Bonchev–Trinajstić information content (AvgIpc) is 3.25. The van der Waals surface area contributed by atoms with Gasteiger partial charge in [-0.1, -0.05) is 188 Å². The lowest BCUT2D eigenvalue weighted by atomic mass is 9.55. The lowest BCUT2D eigenvalue weighted by Gasteiger charge is -2.43. The van der Waals surface area contributed by atoms with Crippen LogP contribution < -0.4 is 26.0 Å². The standard InChI is InChI=1S/C74H69BN4/c1-71(2)39-40-72(3,4)60-43-49(34-38-59(60)71)76-64-44-54(77(50-24-13-9-14-25-50)51-26-15-10-16-27-51)35-37-56(64)58-45-66(78(52-28-17-11-18-29-52)53-30-19-12-20-31-53)67-57-36-33-48-23-21-22-32-55(48)69(57)79-65-47-62-61(46-63(65)75-68(58)70(67)79)73(5,6)41-42-74(62,7)8/h9-38,43-47,75-76H,39-42H2,1-8H3. The van der Waals surface area contributed by atoms with Gasteiger partial charge >= 0.3 is 0 Å². The number of rotatable bonds is 9. The highest BCUT2D eigenvalue weighted by Gasteiger charge is 2.41. The minimum absolute atomic E-state index is 0.0338. The summed E-state index contributed by atoms with van der Waals surface area (Å²) >= 11 is 0. The van der Waals surface area contributed by atoms with Gasteiger partial charge in [0.05, 0.1) is 16.7 Å². The summed E-state index contributed by atoms with van der Waals surface area (Å²) in [6.45, 7) is 19.6. The quantitative estimate of drug-likeness (QED) is 0.146. The van der Waals surface area contributed by atoms with Gasteiger partial charge in [0, 0.05) is 67.2 Å². The van der Waals surface area contributed by atoms with Crippen molar-refractivity contribution in [3.8, 4) is 16.8 Å². The van der Waals surface area contributed by atoms with Crippen LogP contribution in [0.5, 0.6) is 0 Å². The molecule has 388 valence electrons. The topological polar surface area (TPSA) is 23.4 Å². The number of hydrogen-bond donors (Lipinski definition) is 1. The van der Waals surface area contributed by atoms with Crippen LogP contribution in [-0.2, 0) is 21.7 Å². The molecule has 5 heteroatoms. The van der Waals surface area contributed by atoms with Crippen LogP contribution in [0.4, 0.5) is 45.5 Å². The zero-order valence-electron chi connectivity index (χ0n) is 47.1. The van der Waals surface area contributed by atoms with Gasteiger partial charge in [0.2, 0.25) is 0 Å². The molecular weight excluding hydrogens is 956 g/mol. The summed E-state index contributed by atoms with van der Waals surface area (Å²) in [5.74, 6) is 0. The van der Waals surface area contributed by atoms with Gasteiger partial charge in [-0.15, -0.1) is 0 Å². The molecule has 11 aromatic rings. The van der Waals surface area contributed by atoms with Crippen molar-refractivity contribution in [2.45, 2.75) is 103 Å². The molecule has 3 aliphatic rings. The average molecular weight is 1030 g/mol. The number of nitrogens with one attached hydrogen (secondary N) is 1. The van der Waals surface area contributed by atoms with Gasteiger partial charge in [-0.25, -0.2) is 0 Å². The molecule has 1 aliphatic heterocycles. The van der Waals surface area contributed by atoms with Crippen LogP contribution in [0.3, 0.4) is 0 Å². The highest BCUT2D eigenvalue weighted by atomic mass is 15.2. The molecule has 2 heterocycles. The first-order valence-electron chi connectivity index (χ1n) is 28.7. The molecule has 0 bridgehead atoms. The van der Waals surface area contributed by atoms with Gasteiger partial charge < -0.3 is 19.7 Å². The predicted molar refractivity (Wildman–Crippen MR) is 340 cm³/mol. The zero-order chi connectivity index (χ0) is 54.0. The maximum absolute atomic E-state index is 4.21. The second-order valence-electron chi connectivity index (χ2n) is 25.5. The highest BCUT2D eigenvalue weighted by molar-refractivity contribution is 6.74. The van der Waals surface area contributed by atoms with E-state index in [0.717, 1.165) is 77.6 Å². The van der Waals surface area contributed by atoms with Gasteiger partial charge in [0.25, 0.3) is 0 Å². The summed E-state index contributed by atoms with van der Waals surface area (Å²) in [5.41, 5.74) is 23.8. The maximum Gasteiger partial charge on any atom is 0.198 e. The number of benzene rings is 10. The lowest BCUT2D eigenvalue weighted by molar-refractivity contribution is 0.332. The van der Waals surface area contributed by atoms with Gasteiger partial charge in [-0.3, -0.25) is 0 Å². The summed E-state index contributed by atoms with van der Waals surface area (Å²) in [7, 11) is 0.791. The molecule has 14 rings (SSSR count). The normalized spacial score (nSPS) is 16.2. The van der Waals surface area contributed by atoms with Crippen molar-refractivity contribution in [3.05, 3.63) is 235 Å². The summed E-state index contributed by atoms with van der Waals surface area (Å²) in [4.78, 5) is 4.90. The predicted octanol–water partition coefficient (Wildman–Crippen LogP) is 18.7. The third-order valence-corrected chi connectivity index (χ3v) is 18.6. The van der Waals surface area contributed by atoms with Crippen molar-refractivity contribution in [2.24, 2.45) is 0 Å². The Labute approximate surface area is 467 Å². The molecule has 10 aromatic carbocycles. The Balaban J connectivity index is 1.12. The van der Waals surface area contributed by atoms with E-state index in [4.69, 9.17) is 0 Å². The molecule has 0 saturated carbocycles. The molecule has 2 aliphatic carbocycles. The van der Waals surface area contributed by atoms with E-state index in [1.54, 1.807) is 0 Å². The Morgan fingerprint density at radius 2 is 0.924 bits per heavy atom. The van der Waals surface area contributed by atoms with Gasteiger partial charge in [0.15, 0.2) is 7.28 Å². The van der Waals surface area contributed by atoms with E-state index < -0.39 is 0 Å². The molecule has 0 amide bonds. The Morgan fingerprint density at radius 1 is 0.405 bits per heavy atom. The molecule has 4 nitrogen and oxygen atoms in total. The van der Waals surface area contributed by atoms with Crippen molar-refractivity contribution in [2.75, 3.05) is 15.1 Å². The molecule has 0 spiro atoms. The van der Waals surface area contributed by atoms with Crippen molar-refractivity contribution >= 4 is 96.3 Å². The molecule has 0 atom stereocenters. The summed E-state index contributed by atoms with van der Waals surface area (Å²) < 4.78 is 2.71. The first-order valence-corrected chi connectivity index (χ1v) is 28.7. The zero-order valence-corrected chi connectivity index (χ0v) is 47.1. The fourth-order valence-corrected chi connectivity index (χ4v) is 14.1. The number of hydrogen-bond acceptors (Lipinski definition) is 3. The third-order valence-electron chi connectivity index (χ3n) is 18.6. The van der Waals surface area contributed by atoms with Crippen molar-refractivity contribution < 1.29 is 0 Å². The third kappa shape index (κ3) is 8.02. The number of nitrogens with zero attached hydrogens (tertiary/aromatic N) is 3. The van der Waals surface area contributed by atoms with Crippen LogP contribution in [0.2, 0.25) is 0 Å². The number of aromatic nitrogens is 1. The molecular formula is C74H69BN4. The van der Waals surface area contributed by atoms with Crippen LogP contribution in [0.25, 0.3) is 49.4 Å². The summed E-state index contributed by atoms with van der Waals surface area (Å²) in [6.07, 6.45) is 4.64. The van der Waals surface area contributed by atoms with Crippen molar-refractivity contribution in [1.29, 1.82) is 0 Å². The van der Waals surface area contributed by atoms with Crippen LogP contribution in [0.1, 0.15) is 103 Å². The second-order valence-corrected chi connectivity index (χ2v) is 25.5. The van der Waals surface area contributed by atoms with Crippen LogP contribution >= 0.6 is 0 Å². The smallest absolute Gasteiger partial charge is 0.198 e. The molecule has 1 N–H and O–H groups in total. The highest BCUT2D eigenvalue weighted by Crippen LogP contribution is 2.52. The summed E-state index contributed by atoms with van der Waals surface area (Å²) in [5, 5.41) is 9.24. The van der Waals surface area contributed by atoms with Crippen LogP contribution in [0.15, 0.2) is 212 Å². The fourth-order valence-electron chi connectivity index (χ4n) is 14.1. The number of fused-ring (bicyclic) bond motifs is 9. The van der Waals surface area contributed by atoms with E-state index in [0.29, 0.717) is 0 Å². The largest absolute Gasteiger partial charge is 0.355 e. The van der Waals surface area contributed by atoms with Crippen molar-refractivity contribution in [1.82, 2.24) is 4.57 Å². The minimum atomic E-state index is 0.0338. The first kappa shape index (κ1) is 49.1. The SMILES string of the molecule is CC1(C)CCC(C)(C)c2cc(Nc3cc(N(c4ccccc4)c4ccccc4)ccc3-c3cc(N(c4ccccc4)c4ccccc4)c4c5ccc6ccccc6c5n5c4c3Bc3cc4c(cc3-5)C(C)(C)CCC4(C)C)ccc21. The monoisotopic (exact) mass is 1020 g/mol. The van der Waals surface area contributed by atoms with Gasteiger partial charge in [0.1, 0.15) is 0 Å². The molecule has 0 radical (unpaired) electrons. The molecule has 1 aromatic heterocycles. The van der Waals surface area contributed by atoms with Crippen molar-refractivity contribution in [3.63, 3.8) is 0 Å². The van der Waals surface area contributed by atoms with Gasteiger partial charge in [-0.05, 0) is 171 Å². The van der Waals surface area contributed by atoms with E-state index in [1.165, 1.54) is 83.4 Å². The minimum Gasteiger partial charge on any atom is -0.355 e. The molecule has 79 heavy (non-hydrogen) atoms. The van der Waals surface area contributed by atoms with E-state index in [2.05, 4.69) is 287 Å². The Morgan fingerprint density at radius 3 is 1.52 bits per heavy atom. The molecule has 0 saturated heterocycles.